The number of rotatable bonds is 6. The quantitative estimate of drug-likeness (QED) is 0.777. The monoisotopic (exact) mass is 370 g/mol. The molecular weight excluding hydrogens is 348 g/mol. The largest absolute Gasteiger partial charge is 0.383 e. The zero-order chi connectivity index (χ0) is 17.3. The Balaban J connectivity index is 1.86. The first-order valence-electron chi connectivity index (χ1n) is 7.89. The fraction of sp³-hybridized carbons (Fsp3) is 0.600. The Bertz CT molecular complexity index is 813. The Morgan fingerprint density at radius 3 is 3.04 bits per heavy atom. The average molecular weight is 371 g/mol. The molecule has 132 valence electrons. The maximum absolute atomic E-state index is 13.0. The van der Waals surface area contributed by atoms with Crippen LogP contribution in [0.5, 0.6) is 0 Å². The topological polar surface area (TPSA) is 77.3 Å². The highest BCUT2D eigenvalue weighted by atomic mass is 32.2. The highest BCUT2D eigenvalue weighted by molar-refractivity contribution is 7.89. The van der Waals surface area contributed by atoms with E-state index in [1.54, 1.807) is 36.4 Å². The molecule has 1 aliphatic rings. The molecule has 0 aromatic carbocycles. The summed E-state index contributed by atoms with van der Waals surface area (Å²) in [6.45, 7) is 2.98. The molecule has 0 fully saturated rings. The van der Waals surface area contributed by atoms with Crippen LogP contribution in [0.4, 0.5) is 0 Å². The smallest absolute Gasteiger partial charge is 0.246 e. The van der Waals surface area contributed by atoms with Crippen LogP contribution >= 0.6 is 11.3 Å². The molecular formula is C15H22N4O3S2. The minimum Gasteiger partial charge on any atom is -0.383 e. The molecule has 0 saturated carbocycles. The highest BCUT2D eigenvalue weighted by Gasteiger charge is 2.34. The molecule has 1 aliphatic carbocycles. The maximum atomic E-state index is 13.0. The third-order valence-electron chi connectivity index (χ3n) is 4.28. The van der Waals surface area contributed by atoms with Gasteiger partial charge in [-0.3, -0.25) is 4.68 Å². The summed E-state index contributed by atoms with van der Waals surface area (Å²) in [5.74, 6) is 0. The van der Waals surface area contributed by atoms with Crippen molar-refractivity contribution in [2.45, 2.75) is 43.7 Å². The maximum Gasteiger partial charge on any atom is 0.246 e. The van der Waals surface area contributed by atoms with Crippen LogP contribution in [0.15, 0.2) is 17.3 Å². The van der Waals surface area contributed by atoms with E-state index in [9.17, 15) is 8.42 Å². The van der Waals surface area contributed by atoms with Gasteiger partial charge in [0.2, 0.25) is 10.0 Å². The Hall–Kier alpha value is -1.29. The zero-order valence-electron chi connectivity index (χ0n) is 14.1. The van der Waals surface area contributed by atoms with E-state index in [0.717, 1.165) is 34.8 Å². The molecule has 1 atom stereocenters. The zero-order valence-corrected chi connectivity index (χ0v) is 15.7. The lowest BCUT2D eigenvalue weighted by atomic mass is 9.98. The van der Waals surface area contributed by atoms with Gasteiger partial charge < -0.3 is 4.74 Å². The van der Waals surface area contributed by atoms with Crippen LogP contribution in [0, 0.1) is 6.92 Å². The molecule has 0 amide bonds. The summed E-state index contributed by atoms with van der Waals surface area (Å²) in [6, 6.07) is -0.146. The number of ether oxygens (including phenoxy) is 1. The van der Waals surface area contributed by atoms with Gasteiger partial charge in [0.25, 0.3) is 0 Å². The van der Waals surface area contributed by atoms with E-state index in [-0.39, 0.29) is 10.9 Å². The van der Waals surface area contributed by atoms with Crippen molar-refractivity contribution in [1.29, 1.82) is 0 Å². The van der Waals surface area contributed by atoms with Gasteiger partial charge in [-0.15, -0.1) is 11.3 Å². The van der Waals surface area contributed by atoms with E-state index in [4.69, 9.17) is 4.74 Å². The number of fused-ring (bicyclic) bond motifs is 1. The van der Waals surface area contributed by atoms with Crippen LogP contribution in [0.1, 0.15) is 34.5 Å². The Labute approximate surface area is 146 Å². The third kappa shape index (κ3) is 3.26. The first kappa shape index (κ1) is 17.5. The second-order valence-electron chi connectivity index (χ2n) is 5.91. The molecule has 3 rings (SSSR count). The molecule has 0 radical (unpaired) electrons. The van der Waals surface area contributed by atoms with Gasteiger partial charge in [-0.05, 0) is 26.2 Å². The number of methoxy groups -OCH3 is 1. The number of hydrogen-bond donors (Lipinski definition) is 0. The van der Waals surface area contributed by atoms with E-state index in [1.165, 1.54) is 10.5 Å². The fourth-order valence-corrected chi connectivity index (χ4v) is 5.52. The summed E-state index contributed by atoms with van der Waals surface area (Å²) in [5, 5.41) is 5.11. The van der Waals surface area contributed by atoms with Gasteiger partial charge in [0, 0.05) is 25.2 Å². The first-order valence-corrected chi connectivity index (χ1v) is 10.1. The van der Waals surface area contributed by atoms with Crippen LogP contribution in [0.2, 0.25) is 0 Å². The Morgan fingerprint density at radius 1 is 1.50 bits per heavy atom. The van der Waals surface area contributed by atoms with E-state index in [2.05, 4.69) is 10.1 Å². The number of aromatic nitrogens is 3. The molecule has 0 bridgehead atoms. The summed E-state index contributed by atoms with van der Waals surface area (Å²) in [5.41, 5.74) is 1.05. The number of nitrogens with zero attached hydrogens (tertiary/aromatic N) is 4. The number of hydrogen-bond acceptors (Lipinski definition) is 6. The predicted octanol–water partition coefficient (Wildman–Crippen LogP) is 1.99. The van der Waals surface area contributed by atoms with Crippen molar-refractivity contribution in [1.82, 2.24) is 19.1 Å². The van der Waals surface area contributed by atoms with Gasteiger partial charge in [-0.1, -0.05) is 0 Å². The molecule has 0 N–H and O–H groups in total. The predicted molar refractivity (Wildman–Crippen MR) is 91.6 cm³/mol. The SMILES string of the molecule is COCCn1cc(S(=O)(=O)N(C)C2CCCc3nc(C)sc32)cn1. The summed E-state index contributed by atoms with van der Waals surface area (Å²) in [6.07, 6.45) is 5.67. The molecule has 2 aromatic rings. The number of sulfonamides is 1. The fourth-order valence-electron chi connectivity index (χ4n) is 2.99. The Kier molecular flexibility index (Phi) is 5.05. The lowest BCUT2D eigenvalue weighted by Gasteiger charge is -2.29. The lowest BCUT2D eigenvalue weighted by Crippen LogP contribution is -2.32. The van der Waals surface area contributed by atoms with E-state index in [1.807, 2.05) is 6.92 Å². The molecule has 0 aliphatic heterocycles. The number of aryl methyl sites for hydroxylation is 2. The van der Waals surface area contributed by atoms with E-state index >= 15 is 0 Å². The van der Waals surface area contributed by atoms with Crippen LogP contribution < -0.4 is 0 Å². The van der Waals surface area contributed by atoms with Gasteiger partial charge in [-0.2, -0.15) is 9.40 Å². The summed E-state index contributed by atoms with van der Waals surface area (Å²) >= 11 is 1.60. The minimum atomic E-state index is -3.59. The van der Waals surface area contributed by atoms with Gasteiger partial charge in [0.05, 0.1) is 36.1 Å². The Morgan fingerprint density at radius 2 is 2.29 bits per heavy atom. The molecule has 0 spiro atoms. The van der Waals surface area contributed by atoms with Crippen LogP contribution in [-0.4, -0.2) is 48.3 Å². The molecule has 7 nitrogen and oxygen atoms in total. The molecule has 24 heavy (non-hydrogen) atoms. The van der Waals surface area contributed by atoms with Gasteiger partial charge in [0.15, 0.2) is 0 Å². The molecule has 9 heteroatoms. The van der Waals surface area contributed by atoms with Crippen molar-refractivity contribution in [2.24, 2.45) is 0 Å². The van der Waals surface area contributed by atoms with Crippen LogP contribution in [-0.2, 0) is 27.7 Å². The molecule has 0 saturated heterocycles. The van der Waals surface area contributed by atoms with Crippen LogP contribution in [0.3, 0.4) is 0 Å². The van der Waals surface area contributed by atoms with Crippen molar-refractivity contribution >= 4 is 21.4 Å². The van der Waals surface area contributed by atoms with Gasteiger partial charge in [0.1, 0.15) is 4.90 Å². The van der Waals surface area contributed by atoms with Crippen molar-refractivity contribution in [2.75, 3.05) is 20.8 Å². The van der Waals surface area contributed by atoms with Crippen LogP contribution in [0.25, 0.3) is 0 Å². The lowest BCUT2D eigenvalue weighted by molar-refractivity contribution is 0.183. The standard InChI is InChI=1S/C15H22N4O3S2/c1-11-17-13-5-4-6-14(15(13)23-11)18(2)24(20,21)12-9-16-19(10-12)7-8-22-3/h9-10,14H,4-8H2,1-3H3. The summed E-state index contributed by atoms with van der Waals surface area (Å²) < 4.78 is 34.0. The van der Waals surface area contributed by atoms with Gasteiger partial charge in [-0.25, -0.2) is 13.4 Å². The molecule has 2 heterocycles. The first-order chi connectivity index (χ1) is 11.4. The van der Waals surface area contributed by atoms with Gasteiger partial charge >= 0.3 is 0 Å². The molecule has 1 unspecified atom stereocenters. The van der Waals surface area contributed by atoms with E-state index < -0.39 is 10.0 Å². The van der Waals surface area contributed by atoms with E-state index in [0.29, 0.717) is 13.2 Å². The van der Waals surface area contributed by atoms with Crippen molar-refractivity contribution in [3.63, 3.8) is 0 Å². The van der Waals surface area contributed by atoms with Crippen molar-refractivity contribution in [3.05, 3.63) is 28.0 Å². The third-order valence-corrected chi connectivity index (χ3v) is 7.21. The second kappa shape index (κ2) is 6.91. The minimum absolute atomic E-state index is 0.146. The van der Waals surface area contributed by atoms with Crippen molar-refractivity contribution < 1.29 is 13.2 Å². The second-order valence-corrected chi connectivity index (χ2v) is 9.14. The highest BCUT2D eigenvalue weighted by Crippen LogP contribution is 2.39. The number of thiazole rings is 1. The summed E-state index contributed by atoms with van der Waals surface area (Å²) in [4.78, 5) is 5.84. The van der Waals surface area contributed by atoms with Crippen molar-refractivity contribution in [3.8, 4) is 0 Å². The normalized spacial score (nSPS) is 18.1. The molecule has 2 aromatic heterocycles. The average Bonchev–Trinajstić information content (AvgIpc) is 3.17. The summed E-state index contributed by atoms with van der Waals surface area (Å²) in [7, 11) is -0.335.